The fourth-order valence-electron chi connectivity index (χ4n) is 2.06. The normalized spacial score (nSPS) is 12.5. The molecule has 1 aromatic rings. The summed E-state index contributed by atoms with van der Waals surface area (Å²) in [5, 5.41) is 9.09. The number of phenolic OH excluding ortho intramolecular Hbond substituents is 1. The van der Waals surface area contributed by atoms with Crippen LogP contribution in [0.25, 0.3) is 0 Å². The number of benzene rings is 1. The molecule has 1 atom stereocenters. The van der Waals surface area contributed by atoms with Crippen molar-refractivity contribution in [1.29, 1.82) is 0 Å². The van der Waals surface area contributed by atoms with E-state index in [1.807, 2.05) is 6.92 Å². The summed E-state index contributed by atoms with van der Waals surface area (Å²) in [6.07, 6.45) is 2.60. The summed E-state index contributed by atoms with van der Waals surface area (Å²) in [5.74, 6) is -1.15. The predicted octanol–water partition coefficient (Wildman–Crippen LogP) is 3.90. The van der Waals surface area contributed by atoms with E-state index in [2.05, 4.69) is 13.8 Å². The van der Waals surface area contributed by atoms with Crippen molar-refractivity contribution in [2.45, 2.75) is 46.1 Å². The first-order valence-electron chi connectivity index (χ1n) is 6.67. The van der Waals surface area contributed by atoms with Gasteiger partial charge in [0.05, 0.1) is 11.7 Å². The standard InChI is InChI=1S/C15H21FO3/c1-4-11(5-2)8-10(3)19-15(18)13-7-6-12(17)9-14(13)16/h6-7,9-11,17H,4-5,8H2,1-3H3. The second-order valence-corrected chi connectivity index (χ2v) is 4.80. The molecule has 0 fully saturated rings. The largest absolute Gasteiger partial charge is 0.508 e. The number of hydrogen-bond donors (Lipinski definition) is 1. The Kier molecular flexibility index (Phi) is 5.80. The van der Waals surface area contributed by atoms with E-state index in [1.54, 1.807) is 0 Å². The number of carbonyl (C=O) groups is 1. The molecule has 0 saturated heterocycles. The summed E-state index contributed by atoms with van der Waals surface area (Å²) in [5.41, 5.74) is -0.144. The molecule has 0 aromatic heterocycles. The van der Waals surface area contributed by atoms with Gasteiger partial charge in [0.2, 0.25) is 0 Å². The molecule has 0 aliphatic carbocycles. The van der Waals surface area contributed by atoms with Gasteiger partial charge in [0.15, 0.2) is 0 Å². The van der Waals surface area contributed by atoms with E-state index in [9.17, 15) is 9.18 Å². The Morgan fingerprint density at radius 1 is 1.37 bits per heavy atom. The number of carbonyl (C=O) groups excluding carboxylic acids is 1. The van der Waals surface area contributed by atoms with Crippen LogP contribution in [0.5, 0.6) is 5.75 Å². The lowest BCUT2D eigenvalue weighted by atomic mass is 9.97. The van der Waals surface area contributed by atoms with Crippen LogP contribution in [-0.2, 0) is 4.74 Å². The van der Waals surface area contributed by atoms with Crippen LogP contribution in [0.2, 0.25) is 0 Å². The van der Waals surface area contributed by atoms with Crippen molar-refractivity contribution >= 4 is 5.97 Å². The van der Waals surface area contributed by atoms with Crippen molar-refractivity contribution < 1.29 is 19.0 Å². The molecular formula is C15H21FO3. The van der Waals surface area contributed by atoms with Crippen molar-refractivity contribution in [2.75, 3.05) is 0 Å². The predicted molar refractivity (Wildman–Crippen MR) is 71.6 cm³/mol. The second kappa shape index (κ2) is 7.12. The van der Waals surface area contributed by atoms with Gasteiger partial charge in [-0.25, -0.2) is 9.18 Å². The van der Waals surface area contributed by atoms with Gasteiger partial charge in [-0.05, 0) is 31.4 Å². The van der Waals surface area contributed by atoms with Crippen LogP contribution in [0.3, 0.4) is 0 Å². The summed E-state index contributed by atoms with van der Waals surface area (Å²) in [6, 6.07) is 3.41. The van der Waals surface area contributed by atoms with E-state index >= 15 is 0 Å². The molecule has 0 bridgehead atoms. The van der Waals surface area contributed by atoms with Gasteiger partial charge >= 0.3 is 5.97 Å². The second-order valence-electron chi connectivity index (χ2n) is 4.80. The lowest BCUT2D eigenvalue weighted by Gasteiger charge is -2.18. The van der Waals surface area contributed by atoms with Crippen LogP contribution in [0.1, 0.15) is 50.4 Å². The van der Waals surface area contributed by atoms with Gasteiger partial charge in [0, 0.05) is 6.07 Å². The summed E-state index contributed by atoms with van der Waals surface area (Å²) in [7, 11) is 0. The number of rotatable bonds is 6. The van der Waals surface area contributed by atoms with Gasteiger partial charge in [0.1, 0.15) is 11.6 Å². The molecule has 1 aromatic carbocycles. The highest BCUT2D eigenvalue weighted by atomic mass is 19.1. The topological polar surface area (TPSA) is 46.5 Å². The minimum atomic E-state index is -0.764. The summed E-state index contributed by atoms with van der Waals surface area (Å²) >= 11 is 0. The summed E-state index contributed by atoms with van der Waals surface area (Å²) in [4.78, 5) is 11.8. The van der Waals surface area contributed by atoms with Gasteiger partial charge < -0.3 is 9.84 Å². The monoisotopic (exact) mass is 268 g/mol. The van der Waals surface area contributed by atoms with Crippen LogP contribution in [0.4, 0.5) is 4.39 Å². The summed E-state index contributed by atoms with van der Waals surface area (Å²) < 4.78 is 18.7. The highest BCUT2D eigenvalue weighted by Crippen LogP contribution is 2.20. The van der Waals surface area contributed by atoms with Crippen LogP contribution < -0.4 is 0 Å². The SMILES string of the molecule is CCC(CC)CC(C)OC(=O)c1ccc(O)cc1F. The fourth-order valence-corrected chi connectivity index (χ4v) is 2.06. The average Bonchev–Trinajstić information content (AvgIpc) is 2.35. The molecule has 0 radical (unpaired) electrons. The lowest BCUT2D eigenvalue weighted by Crippen LogP contribution is -2.19. The number of hydrogen-bond acceptors (Lipinski definition) is 3. The van der Waals surface area contributed by atoms with Crippen molar-refractivity contribution in [3.05, 3.63) is 29.6 Å². The number of halogens is 1. The first kappa shape index (κ1) is 15.5. The van der Waals surface area contributed by atoms with Crippen molar-refractivity contribution in [2.24, 2.45) is 5.92 Å². The first-order valence-corrected chi connectivity index (χ1v) is 6.67. The third kappa shape index (κ3) is 4.54. The smallest absolute Gasteiger partial charge is 0.341 e. The maximum absolute atomic E-state index is 13.5. The maximum atomic E-state index is 13.5. The molecular weight excluding hydrogens is 247 g/mol. The molecule has 0 aliphatic rings. The van der Waals surface area contributed by atoms with Crippen LogP contribution >= 0.6 is 0 Å². The molecule has 0 saturated carbocycles. The zero-order valence-electron chi connectivity index (χ0n) is 11.6. The number of ether oxygens (including phenoxy) is 1. The van der Waals surface area contributed by atoms with E-state index in [0.29, 0.717) is 5.92 Å². The highest BCUT2D eigenvalue weighted by Gasteiger charge is 2.18. The Bertz CT molecular complexity index is 427. The van der Waals surface area contributed by atoms with E-state index < -0.39 is 11.8 Å². The third-order valence-corrected chi connectivity index (χ3v) is 3.30. The maximum Gasteiger partial charge on any atom is 0.341 e. The Morgan fingerprint density at radius 2 is 2.00 bits per heavy atom. The minimum absolute atomic E-state index is 0.144. The van der Waals surface area contributed by atoms with Gasteiger partial charge in [-0.15, -0.1) is 0 Å². The minimum Gasteiger partial charge on any atom is -0.508 e. The Hall–Kier alpha value is -1.58. The molecule has 0 spiro atoms. The first-order chi connectivity index (χ1) is 8.97. The summed E-state index contributed by atoms with van der Waals surface area (Å²) in [6.45, 7) is 6.01. The number of aromatic hydroxyl groups is 1. The Balaban J connectivity index is 2.63. The molecule has 1 rings (SSSR count). The van der Waals surface area contributed by atoms with Crippen LogP contribution in [0, 0.1) is 11.7 Å². The molecule has 1 N–H and O–H groups in total. The Labute approximate surface area is 113 Å². The molecule has 106 valence electrons. The molecule has 0 heterocycles. The quantitative estimate of drug-likeness (QED) is 0.796. The zero-order chi connectivity index (χ0) is 14.4. The number of phenols is 1. The van der Waals surface area contributed by atoms with Crippen molar-refractivity contribution in [3.63, 3.8) is 0 Å². The van der Waals surface area contributed by atoms with Crippen molar-refractivity contribution in [3.8, 4) is 5.75 Å². The molecule has 1 unspecified atom stereocenters. The average molecular weight is 268 g/mol. The van der Waals surface area contributed by atoms with Gasteiger partial charge in [-0.3, -0.25) is 0 Å². The van der Waals surface area contributed by atoms with Gasteiger partial charge in [-0.1, -0.05) is 26.7 Å². The highest BCUT2D eigenvalue weighted by molar-refractivity contribution is 5.89. The van der Waals surface area contributed by atoms with E-state index in [4.69, 9.17) is 9.84 Å². The lowest BCUT2D eigenvalue weighted by molar-refractivity contribution is 0.0280. The molecule has 4 heteroatoms. The van der Waals surface area contributed by atoms with Gasteiger partial charge in [0.25, 0.3) is 0 Å². The van der Waals surface area contributed by atoms with E-state index in [-0.39, 0.29) is 17.4 Å². The third-order valence-electron chi connectivity index (χ3n) is 3.30. The van der Waals surface area contributed by atoms with Crippen LogP contribution in [-0.4, -0.2) is 17.2 Å². The van der Waals surface area contributed by atoms with Crippen LogP contribution in [0.15, 0.2) is 18.2 Å². The van der Waals surface area contributed by atoms with E-state index in [1.165, 1.54) is 12.1 Å². The molecule has 0 amide bonds. The molecule has 0 aliphatic heterocycles. The Morgan fingerprint density at radius 3 is 2.53 bits per heavy atom. The number of esters is 1. The molecule has 19 heavy (non-hydrogen) atoms. The van der Waals surface area contributed by atoms with Crippen molar-refractivity contribution in [1.82, 2.24) is 0 Å². The van der Waals surface area contributed by atoms with Gasteiger partial charge in [-0.2, -0.15) is 0 Å². The van der Waals surface area contributed by atoms with E-state index in [0.717, 1.165) is 25.3 Å². The molecule has 3 nitrogen and oxygen atoms in total. The fraction of sp³-hybridized carbons (Fsp3) is 0.533. The zero-order valence-corrected chi connectivity index (χ0v) is 11.6.